The molecule has 0 aromatic rings. The molecule has 0 spiro atoms. The molecule has 0 fully saturated rings. The molecule has 0 saturated carbocycles. The normalized spacial score (nSPS) is 13.4. The molecule has 1 atom stereocenters. The fourth-order valence-corrected chi connectivity index (χ4v) is 2.13. The highest BCUT2D eigenvalue weighted by Crippen LogP contribution is 2.10. The molecule has 1 N–H and O–H groups in total. The van der Waals surface area contributed by atoms with Crippen molar-refractivity contribution in [1.82, 2.24) is 10.2 Å². The van der Waals surface area contributed by atoms with Gasteiger partial charge in [-0.15, -0.1) is 0 Å². The summed E-state index contributed by atoms with van der Waals surface area (Å²) in [6, 6.07) is 0.882. The third-order valence-corrected chi connectivity index (χ3v) is 3.45. The van der Waals surface area contributed by atoms with Crippen LogP contribution in [0.5, 0.6) is 0 Å². The molecule has 0 aromatic carbocycles. The average molecular weight is 256 g/mol. The van der Waals surface area contributed by atoms with Crippen LogP contribution in [-0.4, -0.2) is 36.0 Å². The van der Waals surface area contributed by atoms with Crippen LogP contribution < -0.4 is 5.32 Å². The van der Waals surface area contributed by atoms with Crippen LogP contribution in [0.4, 0.5) is 0 Å². The Morgan fingerprint density at radius 1 is 1.17 bits per heavy atom. The number of nitrogens with zero attached hydrogens (tertiary/aromatic N) is 1. The molecule has 1 unspecified atom stereocenters. The summed E-state index contributed by atoms with van der Waals surface area (Å²) in [6.07, 6.45) is 3.53. The number of amides is 1. The summed E-state index contributed by atoms with van der Waals surface area (Å²) in [6.45, 7) is 14.9. The van der Waals surface area contributed by atoms with Gasteiger partial charge in [-0.2, -0.15) is 0 Å². The van der Waals surface area contributed by atoms with E-state index >= 15 is 0 Å². The number of carbonyl (C=O) groups excluding carboxylic acids is 1. The van der Waals surface area contributed by atoms with Gasteiger partial charge in [0, 0.05) is 25.6 Å². The van der Waals surface area contributed by atoms with Gasteiger partial charge in [-0.05, 0) is 39.2 Å². The van der Waals surface area contributed by atoms with E-state index in [0.29, 0.717) is 18.0 Å². The minimum atomic E-state index is 0.0818. The van der Waals surface area contributed by atoms with Crippen LogP contribution in [0.3, 0.4) is 0 Å². The van der Waals surface area contributed by atoms with E-state index < -0.39 is 0 Å². The van der Waals surface area contributed by atoms with Crippen molar-refractivity contribution in [2.45, 2.75) is 72.9 Å². The fraction of sp³-hybridized carbons (Fsp3) is 0.933. The van der Waals surface area contributed by atoms with Gasteiger partial charge < -0.3 is 10.2 Å². The van der Waals surface area contributed by atoms with Crippen molar-refractivity contribution >= 4 is 5.91 Å². The van der Waals surface area contributed by atoms with Crippen molar-refractivity contribution < 1.29 is 4.79 Å². The molecule has 1 amide bonds. The van der Waals surface area contributed by atoms with Crippen molar-refractivity contribution in [2.24, 2.45) is 5.92 Å². The predicted octanol–water partition coefficient (Wildman–Crippen LogP) is 3.05. The minimum absolute atomic E-state index is 0.0818. The van der Waals surface area contributed by atoms with Gasteiger partial charge >= 0.3 is 0 Å². The maximum atomic E-state index is 11.2. The summed E-state index contributed by atoms with van der Waals surface area (Å²) in [7, 11) is 0. The van der Waals surface area contributed by atoms with E-state index in [1.165, 1.54) is 19.4 Å². The van der Waals surface area contributed by atoms with Crippen LogP contribution in [0.1, 0.15) is 60.8 Å². The molecule has 0 aliphatic heterocycles. The van der Waals surface area contributed by atoms with Crippen molar-refractivity contribution in [1.29, 1.82) is 0 Å². The molecular weight excluding hydrogens is 224 g/mol. The lowest BCUT2D eigenvalue weighted by molar-refractivity contribution is -0.120. The van der Waals surface area contributed by atoms with E-state index in [-0.39, 0.29) is 5.91 Å². The van der Waals surface area contributed by atoms with Gasteiger partial charge in [0.25, 0.3) is 0 Å². The summed E-state index contributed by atoms with van der Waals surface area (Å²) < 4.78 is 0. The van der Waals surface area contributed by atoms with Crippen LogP contribution >= 0.6 is 0 Å². The van der Waals surface area contributed by atoms with Crippen molar-refractivity contribution in [3.63, 3.8) is 0 Å². The SMILES string of the molecule is CCCCN(CCC(NC(C)=O)C(C)C)C(C)C. The Morgan fingerprint density at radius 3 is 2.17 bits per heavy atom. The van der Waals surface area contributed by atoms with Crippen LogP contribution in [0.2, 0.25) is 0 Å². The van der Waals surface area contributed by atoms with E-state index in [9.17, 15) is 4.79 Å². The van der Waals surface area contributed by atoms with E-state index in [0.717, 1.165) is 13.0 Å². The molecule has 0 aromatic heterocycles. The minimum Gasteiger partial charge on any atom is -0.353 e. The molecule has 0 radical (unpaired) electrons. The summed E-state index contributed by atoms with van der Waals surface area (Å²) in [5.41, 5.74) is 0. The van der Waals surface area contributed by atoms with Crippen LogP contribution in [-0.2, 0) is 4.79 Å². The summed E-state index contributed by atoms with van der Waals surface area (Å²) >= 11 is 0. The molecule has 3 nitrogen and oxygen atoms in total. The maximum absolute atomic E-state index is 11.2. The molecule has 18 heavy (non-hydrogen) atoms. The standard InChI is InChI=1S/C15H32N2O/c1-7-8-10-17(13(4)5)11-9-15(12(2)3)16-14(6)18/h12-13,15H,7-11H2,1-6H3,(H,16,18). The van der Waals surface area contributed by atoms with E-state index in [4.69, 9.17) is 0 Å². The second-order valence-electron chi connectivity index (χ2n) is 5.82. The summed E-state index contributed by atoms with van der Waals surface area (Å²) in [5.74, 6) is 0.576. The summed E-state index contributed by atoms with van der Waals surface area (Å²) in [4.78, 5) is 13.7. The van der Waals surface area contributed by atoms with Crippen LogP contribution in [0.15, 0.2) is 0 Å². The van der Waals surface area contributed by atoms with E-state index in [1.807, 2.05) is 0 Å². The Bertz CT molecular complexity index is 227. The molecule has 0 bridgehead atoms. The van der Waals surface area contributed by atoms with Crippen LogP contribution in [0.25, 0.3) is 0 Å². The third-order valence-electron chi connectivity index (χ3n) is 3.45. The first-order chi connectivity index (χ1) is 8.38. The summed E-state index contributed by atoms with van der Waals surface area (Å²) in [5, 5.41) is 3.06. The van der Waals surface area contributed by atoms with Gasteiger partial charge in [0.15, 0.2) is 0 Å². The Labute approximate surface area is 113 Å². The largest absolute Gasteiger partial charge is 0.353 e. The van der Waals surface area contributed by atoms with Gasteiger partial charge in [0.2, 0.25) is 5.91 Å². The monoisotopic (exact) mass is 256 g/mol. The first kappa shape index (κ1) is 17.4. The molecule has 0 saturated heterocycles. The first-order valence-corrected chi connectivity index (χ1v) is 7.39. The lowest BCUT2D eigenvalue weighted by Gasteiger charge is -2.30. The van der Waals surface area contributed by atoms with Gasteiger partial charge in [0.05, 0.1) is 0 Å². The fourth-order valence-electron chi connectivity index (χ4n) is 2.13. The van der Waals surface area contributed by atoms with E-state index in [1.54, 1.807) is 6.92 Å². The molecule has 0 aliphatic carbocycles. The highest BCUT2D eigenvalue weighted by Gasteiger charge is 2.17. The second kappa shape index (κ2) is 9.37. The Balaban J connectivity index is 4.23. The van der Waals surface area contributed by atoms with Crippen LogP contribution in [0, 0.1) is 5.92 Å². The Morgan fingerprint density at radius 2 is 1.78 bits per heavy atom. The van der Waals surface area contributed by atoms with Gasteiger partial charge in [-0.1, -0.05) is 27.2 Å². The smallest absolute Gasteiger partial charge is 0.217 e. The third kappa shape index (κ3) is 7.70. The quantitative estimate of drug-likeness (QED) is 0.687. The number of rotatable bonds is 9. The molecule has 108 valence electrons. The second-order valence-corrected chi connectivity index (χ2v) is 5.82. The zero-order chi connectivity index (χ0) is 14.1. The van der Waals surface area contributed by atoms with Crippen molar-refractivity contribution in [2.75, 3.05) is 13.1 Å². The molecule has 0 heterocycles. The average Bonchev–Trinajstić information content (AvgIpc) is 2.26. The number of unbranched alkanes of at least 4 members (excludes halogenated alkanes) is 1. The maximum Gasteiger partial charge on any atom is 0.217 e. The molecular formula is C15H32N2O. The number of carbonyl (C=O) groups is 1. The zero-order valence-corrected chi connectivity index (χ0v) is 13.1. The topological polar surface area (TPSA) is 32.3 Å². The zero-order valence-electron chi connectivity index (χ0n) is 13.1. The van der Waals surface area contributed by atoms with Gasteiger partial charge in [-0.3, -0.25) is 4.79 Å². The Kier molecular flexibility index (Phi) is 9.08. The van der Waals surface area contributed by atoms with Gasteiger partial charge in [0.1, 0.15) is 0 Å². The lowest BCUT2D eigenvalue weighted by Crippen LogP contribution is -2.41. The number of nitrogens with one attached hydrogen (secondary N) is 1. The lowest BCUT2D eigenvalue weighted by atomic mass is 10.00. The van der Waals surface area contributed by atoms with E-state index in [2.05, 4.69) is 44.8 Å². The predicted molar refractivity (Wildman–Crippen MR) is 78.7 cm³/mol. The highest BCUT2D eigenvalue weighted by molar-refractivity contribution is 5.73. The molecule has 0 aliphatic rings. The number of hydrogen-bond acceptors (Lipinski definition) is 2. The number of hydrogen-bond donors (Lipinski definition) is 1. The molecule has 0 rings (SSSR count). The first-order valence-electron chi connectivity index (χ1n) is 7.39. The van der Waals surface area contributed by atoms with Gasteiger partial charge in [-0.25, -0.2) is 0 Å². The Hall–Kier alpha value is -0.570. The van der Waals surface area contributed by atoms with Crippen molar-refractivity contribution in [3.05, 3.63) is 0 Å². The molecule has 3 heteroatoms. The van der Waals surface area contributed by atoms with Crippen molar-refractivity contribution in [3.8, 4) is 0 Å². The highest BCUT2D eigenvalue weighted by atomic mass is 16.1.